The van der Waals surface area contributed by atoms with Crippen molar-refractivity contribution in [3.05, 3.63) is 76.8 Å². The molecule has 0 amide bonds. The van der Waals surface area contributed by atoms with Crippen LogP contribution < -0.4 is 5.73 Å². The molecule has 2 aromatic carbocycles. The number of thiocarbonyl (C=S) groups is 1. The van der Waals surface area contributed by atoms with Gasteiger partial charge in [0.05, 0.1) is 24.3 Å². The molecule has 0 atom stereocenters. The van der Waals surface area contributed by atoms with Gasteiger partial charge >= 0.3 is 11.9 Å². The Morgan fingerprint density at radius 2 is 1.37 bits per heavy atom. The van der Waals surface area contributed by atoms with E-state index in [1.54, 1.807) is 67.8 Å². The van der Waals surface area contributed by atoms with Gasteiger partial charge in [-0.3, -0.25) is 0 Å². The van der Waals surface area contributed by atoms with E-state index in [2.05, 4.69) is 4.98 Å². The van der Waals surface area contributed by atoms with Crippen LogP contribution in [0.25, 0.3) is 10.6 Å². The number of hydrogen-bond acceptors (Lipinski definition) is 7. The molecule has 3 aromatic rings. The first-order chi connectivity index (χ1) is 14.5. The van der Waals surface area contributed by atoms with Crippen molar-refractivity contribution in [1.29, 1.82) is 0 Å². The summed E-state index contributed by atoms with van der Waals surface area (Å²) in [6, 6.07) is 14.0. The van der Waals surface area contributed by atoms with E-state index >= 15 is 0 Å². The Hall–Kier alpha value is -3.10. The number of ether oxygens (including phenoxy) is 2. The Labute approximate surface area is 184 Å². The number of benzene rings is 2. The van der Waals surface area contributed by atoms with Crippen LogP contribution in [0, 0.1) is 0 Å². The molecular formula is C22H22N2O4S2. The minimum Gasteiger partial charge on any atom is -0.462 e. The highest BCUT2D eigenvalue weighted by molar-refractivity contribution is 7.80. The average Bonchev–Trinajstić information content (AvgIpc) is 3.30. The number of nitrogens with two attached hydrogens (primary N) is 1. The summed E-state index contributed by atoms with van der Waals surface area (Å²) in [5, 5.41) is 2.88. The fourth-order valence-electron chi connectivity index (χ4n) is 2.31. The van der Waals surface area contributed by atoms with E-state index in [1.807, 2.05) is 17.5 Å². The molecule has 0 unspecified atom stereocenters. The Morgan fingerprint density at radius 1 is 0.900 bits per heavy atom. The summed E-state index contributed by atoms with van der Waals surface area (Å²) in [7, 11) is 0. The maximum absolute atomic E-state index is 11.4. The van der Waals surface area contributed by atoms with Gasteiger partial charge in [-0.2, -0.15) is 0 Å². The number of hydrogen-bond donors (Lipinski definition) is 1. The first-order valence-electron chi connectivity index (χ1n) is 9.20. The molecule has 8 heteroatoms. The van der Waals surface area contributed by atoms with E-state index in [1.165, 1.54) is 0 Å². The Bertz CT molecular complexity index is 969. The summed E-state index contributed by atoms with van der Waals surface area (Å²) < 4.78 is 9.73. The second kappa shape index (κ2) is 11.8. The van der Waals surface area contributed by atoms with E-state index < -0.39 is 0 Å². The second-order valence-corrected chi connectivity index (χ2v) is 7.13. The highest BCUT2D eigenvalue weighted by Crippen LogP contribution is 2.21. The van der Waals surface area contributed by atoms with Gasteiger partial charge in [-0.05, 0) is 38.1 Å². The minimum absolute atomic E-state index is 0.284. The summed E-state index contributed by atoms with van der Waals surface area (Å²) in [4.78, 5) is 27.2. The highest BCUT2D eigenvalue weighted by Gasteiger charge is 2.07. The van der Waals surface area contributed by atoms with E-state index in [0.717, 1.165) is 16.1 Å². The molecule has 2 N–H and O–H groups in total. The first-order valence-corrected chi connectivity index (χ1v) is 10.5. The number of rotatable bonds is 6. The standard InChI is InChI=1S/C12H11NO2S.C10H11NO2S/c1-2-15-12(14)10-5-3-9(4-6-10)11-13-7-8-16-11;1-2-13-10(12)8-5-3-7(4-6-8)9(11)14/h3-8H,2H2,1H3;3-6H,2H2,1H3,(H2,11,14). The molecule has 1 heterocycles. The van der Waals surface area contributed by atoms with Crippen molar-refractivity contribution in [2.24, 2.45) is 5.73 Å². The van der Waals surface area contributed by atoms with Crippen molar-refractivity contribution in [2.75, 3.05) is 13.2 Å². The molecular weight excluding hydrogens is 420 g/mol. The second-order valence-electron chi connectivity index (χ2n) is 5.80. The molecule has 1 aromatic heterocycles. The maximum Gasteiger partial charge on any atom is 0.338 e. The molecule has 0 aliphatic heterocycles. The van der Waals surface area contributed by atoms with E-state index in [-0.39, 0.29) is 11.9 Å². The zero-order valence-electron chi connectivity index (χ0n) is 16.7. The number of carbonyl (C=O) groups excluding carboxylic acids is 2. The van der Waals surface area contributed by atoms with E-state index in [4.69, 9.17) is 27.4 Å². The monoisotopic (exact) mass is 442 g/mol. The molecule has 0 saturated heterocycles. The topological polar surface area (TPSA) is 91.5 Å². The maximum atomic E-state index is 11.4. The van der Waals surface area contributed by atoms with Gasteiger partial charge in [0.1, 0.15) is 10.00 Å². The van der Waals surface area contributed by atoms with Crippen molar-refractivity contribution in [1.82, 2.24) is 4.98 Å². The van der Waals surface area contributed by atoms with Crippen LogP contribution in [-0.2, 0) is 9.47 Å². The van der Waals surface area contributed by atoms with Crippen molar-refractivity contribution in [3.8, 4) is 10.6 Å². The lowest BCUT2D eigenvalue weighted by Crippen LogP contribution is -2.10. The highest BCUT2D eigenvalue weighted by atomic mass is 32.1. The van der Waals surface area contributed by atoms with Crippen LogP contribution in [0.15, 0.2) is 60.1 Å². The van der Waals surface area contributed by atoms with Crippen LogP contribution in [0.2, 0.25) is 0 Å². The van der Waals surface area contributed by atoms with Gasteiger partial charge in [0.2, 0.25) is 0 Å². The molecule has 156 valence electrons. The van der Waals surface area contributed by atoms with Crippen LogP contribution >= 0.6 is 23.6 Å². The number of nitrogens with zero attached hydrogens (tertiary/aromatic N) is 1. The molecule has 3 rings (SSSR count). The van der Waals surface area contributed by atoms with Gasteiger partial charge in [-0.15, -0.1) is 11.3 Å². The predicted octanol–water partition coefficient (Wildman–Crippen LogP) is 4.48. The number of carbonyl (C=O) groups is 2. The lowest BCUT2D eigenvalue weighted by Gasteiger charge is -2.02. The van der Waals surface area contributed by atoms with Crippen LogP contribution in [-0.4, -0.2) is 35.1 Å². The summed E-state index contributed by atoms with van der Waals surface area (Å²) in [5.74, 6) is -0.616. The fraction of sp³-hybridized carbons (Fsp3) is 0.182. The van der Waals surface area contributed by atoms with E-state index in [9.17, 15) is 9.59 Å². The Kier molecular flexibility index (Phi) is 9.11. The van der Waals surface area contributed by atoms with Gasteiger partial charge in [-0.1, -0.05) is 36.5 Å². The minimum atomic E-state index is -0.331. The van der Waals surface area contributed by atoms with Gasteiger partial charge in [0.15, 0.2) is 0 Å². The Balaban J connectivity index is 0.000000216. The lowest BCUT2D eigenvalue weighted by atomic mass is 10.1. The van der Waals surface area contributed by atoms with Crippen molar-refractivity contribution >= 4 is 40.5 Å². The lowest BCUT2D eigenvalue weighted by molar-refractivity contribution is 0.0517. The summed E-state index contributed by atoms with van der Waals surface area (Å²) in [6.45, 7) is 4.33. The number of esters is 2. The molecule has 30 heavy (non-hydrogen) atoms. The third-order valence-electron chi connectivity index (χ3n) is 3.76. The molecule has 0 aliphatic rings. The van der Waals surface area contributed by atoms with E-state index in [0.29, 0.717) is 29.3 Å². The van der Waals surface area contributed by atoms with Gasteiger partial charge in [0.25, 0.3) is 0 Å². The summed E-state index contributed by atoms with van der Waals surface area (Å²) in [5.41, 5.74) is 8.25. The zero-order valence-corrected chi connectivity index (χ0v) is 18.3. The number of thiazole rings is 1. The van der Waals surface area contributed by atoms with Crippen LogP contribution in [0.3, 0.4) is 0 Å². The smallest absolute Gasteiger partial charge is 0.338 e. The molecule has 0 aliphatic carbocycles. The molecule has 0 radical (unpaired) electrons. The van der Waals surface area contributed by atoms with Crippen molar-refractivity contribution < 1.29 is 19.1 Å². The van der Waals surface area contributed by atoms with Gasteiger partial charge in [0, 0.05) is 22.7 Å². The van der Waals surface area contributed by atoms with Crippen LogP contribution in [0.4, 0.5) is 0 Å². The zero-order chi connectivity index (χ0) is 21.9. The van der Waals surface area contributed by atoms with Gasteiger partial charge in [-0.25, -0.2) is 14.6 Å². The SMILES string of the molecule is CCOC(=O)c1ccc(-c2nccs2)cc1.CCOC(=O)c1ccc(C(N)=S)cc1. The van der Waals surface area contributed by atoms with Crippen LogP contribution in [0.5, 0.6) is 0 Å². The fourth-order valence-corrected chi connectivity index (χ4v) is 3.09. The van der Waals surface area contributed by atoms with Gasteiger partial charge < -0.3 is 15.2 Å². The quantitative estimate of drug-likeness (QED) is 0.444. The molecule has 0 saturated carbocycles. The first kappa shape index (κ1) is 23.2. The number of aromatic nitrogens is 1. The molecule has 6 nitrogen and oxygen atoms in total. The Morgan fingerprint density at radius 3 is 1.77 bits per heavy atom. The average molecular weight is 443 g/mol. The molecule has 0 spiro atoms. The van der Waals surface area contributed by atoms with Crippen molar-refractivity contribution in [3.63, 3.8) is 0 Å². The molecule has 0 bridgehead atoms. The molecule has 0 fully saturated rings. The summed E-state index contributed by atoms with van der Waals surface area (Å²) in [6.07, 6.45) is 1.76. The normalized spacial score (nSPS) is 9.80. The summed E-state index contributed by atoms with van der Waals surface area (Å²) >= 11 is 6.36. The third kappa shape index (κ3) is 6.75. The van der Waals surface area contributed by atoms with Crippen molar-refractivity contribution in [2.45, 2.75) is 13.8 Å². The largest absolute Gasteiger partial charge is 0.462 e. The van der Waals surface area contributed by atoms with Crippen LogP contribution in [0.1, 0.15) is 40.1 Å². The predicted molar refractivity (Wildman–Crippen MR) is 122 cm³/mol. The third-order valence-corrected chi connectivity index (χ3v) is 4.81.